The third kappa shape index (κ3) is 2.04. The van der Waals surface area contributed by atoms with Crippen molar-refractivity contribution in [1.82, 2.24) is 9.97 Å². The Bertz CT molecular complexity index is 281. The minimum Gasteiger partial charge on any atom is -0.372 e. The van der Waals surface area contributed by atoms with Crippen LogP contribution in [0.15, 0.2) is 18.6 Å². The van der Waals surface area contributed by atoms with E-state index in [0.29, 0.717) is 11.8 Å². The third-order valence-electron chi connectivity index (χ3n) is 2.54. The molecule has 2 rings (SSSR count). The van der Waals surface area contributed by atoms with Crippen LogP contribution in [0.1, 0.15) is 24.6 Å². The van der Waals surface area contributed by atoms with E-state index in [1.54, 1.807) is 12.5 Å². The first-order valence-electron chi connectivity index (χ1n) is 4.85. The summed E-state index contributed by atoms with van der Waals surface area (Å²) in [6.07, 6.45) is 5.57. The van der Waals surface area contributed by atoms with Gasteiger partial charge in [-0.15, -0.1) is 11.6 Å². The SMILES string of the molecule is ClCC1CCCOC1c1ccncn1. The molecule has 1 saturated heterocycles. The molecular formula is C10H13ClN2O. The molecule has 0 radical (unpaired) electrons. The number of hydrogen-bond acceptors (Lipinski definition) is 3. The molecule has 3 nitrogen and oxygen atoms in total. The fourth-order valence-electron chi connectivity index (χ4n) is 1.80. The van der Waals surface area contributed by atoms with Gasteiger partial charge in [0.1, 0.15) is 12.4 Å². The predicted molar refractivity (Wildman–Crippen MR) is 54.2 cm³/mol. The van der Waals surface area contributed by atoms with Crippen LogP contribution in [0.25, 0.3) is 0 Å². The van der Waals surface area contributed by atoms with E-state index in [0.717, 1.165) is 25.1 Å². The molecule has 76 valence electrons. The Kier molecular flexibility index (Phi) is 3.32. The highest BCUT2D eigenvalue weighted by Gasteiger charge is 2.27. The highest BCUT2D eigenvalue weighted by atomic mass is 35.5. The number of rotatable bonds is 2. The van der Waals surface area contributed by atoms with Crippen LogP contribution in [0.3, 0.4) is 0 Å². The molecule has 1 aliphatic heterocycles. The minimum absolute atomic E-state index is 0.0595. The van der Waals surface area contributed by atoms with Crippen molar-refractivity contribution in [1.29, 1.82) is 0 Å². The Balaban J connectivity index is 2.15. The quantitative estimate of drug-likeness (QED) is 0.705. The fourth-order valence-corrected chi connectivity index (χ4v) is 2.11. The van der Waals surface area contributed by atoms with Crippen LogP contribution in [-0.2, 0) is 4.74 Å². The van der Waals surface area contributed by atoms with E-state index < -0.39 is 0 Å². The Hall–Kier alpha value is -0.670. The van der Waals surface area contributed by atoms with Crippen molar-refractivity contribution in [3.05, 3.63) is 24.3 Å². The molecule has 1 aromatic heterocycles. The fraction of sp³-hybridized carbons (Fsp3) is 0.600. The lowest BCUT2D eigenvalue weighted by Crippen LogP contribution is -2.24. The maximum Gasteiger partial charge on any atom is 0.115 e. The normalized spacial score (nSPS) is 27.5. The molecule has 1 aromatic rings. The van der Waals surface area contributed by atoms with Gasteiger partial charge in [-0.2, -0.15) is 0 Å². The molecule has 14 heavy (non-hydrogen) atoms. The Morgan fingerprint density at radius 2 is 2.50 bits per heavy atom. The molecule has 0 aliphatic carbocycles. The van der Waals surface area contributed by atoms with Gasteiger partial charge in [0.05, 0.1) is 5.69 Å². The van der Waals surface area contributed by atoms with Crippen LogP contribution in [0.5, 0.6) is 0 Å². The maximum absolute atomic E-state index is 5.90. The summed E-state index contributed by atoms with van der Waals surface area (Å²) in [5.41, 5.74) is 0.949. The summed E-state index contributed by atoms with van der Waals surface area (Å²) in [5, 5.41) is 0. The van der Waals surface area contributed by atoms with E-state index in [1.165, 1.54) is 0 Å². The second-order valence-electron chi connectivity index (χ2n) is 3.48. The van der Waals surface area contributed by atoms with Gasteiger partial charge in [-0.3, -0.25) is 0 Å². The topological polar surface area (TPSA) is 35.0 Å². The van der Waals surface area contributed by atoms with Gasteiger partial charge in [0.2, 0.25) is 0 Å². The molecule has 0 bridgehead atoms. The summed E-state index contributed by atoms with van der Waals surface area (Å²) in [6, 6.07) is 1.90. The molecule has 1 fully saturated rings. The summed E-state index contributed by atoms with van der Waals surface area (Å²) in [5.74, 6) is 1.02. The number of aromatic nitrogens is 2. The molecular weight excluding hydrogens is 200 g/mol. The van der Waals surface area contributed by atoms with Gasteiger partial charge in [0.25, 0.3) is 0 Å². The summed E-state index contributed by atoms with van der Waals surface area (Å²) in [6.45, 7) is 0.808. The zero-order chi connectivity index (χ0) is 9.80. The van der Waals surface area contributed by atoms with Crippen molar-refractivity contribution in [2.45, 2.75) is 18.9 Å². The maximum atomic E-state index is 5.90. The molecule has 0 amide bonds. The van der Waals surface area contributed by atoms with Crippen molar-refractivity contribution in [2.24, 2.45) is 5.92 Å². The Morgan fingerprint density at radius 3 is 3.21 bits per heavy atom. The minimum atomic E-state index is 0.0595. The Morgan fingerprint density at radius 1 is 1.57 bits per heavy atom. The van der Waals surface area contributed by atoms with Gasteiger partial charge in [-0.1, -0.05) is 0 Å². The third-order valence-corrected chi connectivity index (χ3v) is 2.94. The van der Waals surface area contributed by atoms with Crippen LogP contribution in [0, 0.1) is 5.92 Å². The summed E-state index contributed by atoms with van der Waals surface area (Å²) in [4.78, 5) is 8.10. The van der Waals surface area contributed by atoms with Crippen molar-refractivity contribution in [3.63, 3.8) is 0 Å². The largest absolute Gasteiger partial charge is 0.372 e. The van der Waals surface area contributed by atoms with Crippen molar-refractivity contribution < 1.29 is 4.74 Å². The van der Waals surface area contributed by atoms with E-state index in [-0.39, 0.29) is 6.10 Å². The van der Waals surface area contributed by atoms with Crippen molar-refractivity contribution in [3.8, 4) is 0 Å². The highest BCUT2D eigenvalue weighted by Crippen LogP contribution is 2.32. The second-order valence-corrected chi connectivity index (χ2v) is 3.79. The van der Waals surface area contributed by atoms with Crippen LogP contribution in [-0.4, -0.2) is 22.5 Å². The molecule has 2 heterocycles. The molecule has 0 N–H and O–H groups in total. The van der Waals surface area contributed by atoms with Gasteiger partial charge < -0.3 is 4.74 Å². The van der Waals surface area contributed by atoms with Crippen LogP contribution in [0.4, 0.5) is 0 Å². The molecule has 1 aliphatic rings. The first-order chi connectivity index (χ1) is 6.92. The first-order valence-corrected chi connectivity index (χ1v) is 5.38. The summed E-state index contributed by atoms with van der Waals surface area (Å²) < 4.78 is 5.69. The van der Waals surface area contributed by atoms with Crippen molar-refractivity contribution >= 4 is 11.6 Å². The molecule has 0 spiro atoms. The molecule has 2 unspecified atom stereocenters. The smallest absolute Gasteiger partial charge is 0.115 e. The predicted octanol–water partition coefficient (Wildman–Crippen LogP) is 2.18. The van der Waals surface area contributed by atoms with E-state index in [9.17, 15) is 0 Å². The van der Waals surface area contributed by atoms with Gasteiger partial charge in [0, 0.05) is 24.6 Å². The molecule has 2 atom stereocenters. The number of hydrogen-bond donors (Lipinski definition) is 0. The Labute approximate surface area is 88.5 Å². The van der Waals surface area contributed by atoms with Gasteiger partial charge in [-0.25, -0.2) is 9.97 Å². The molecule has 0 aromatic carbocycles. The van der Waals surface area contributed by atoms with Crippen LogP contribution >= 0.6 is 11.6 Å². The van der Waals surface area contributed by atoms with Crippen LogP contribution in [0.2, 0.25) is 0 Å². The lowest BCUT2D eigenvalue weighted by atomic mass is 9.94. The second kappa shape index (κ2) is 4.71. The van der Waals surface area contributed by atoms with E-state index in [2.05, 4.69) is 9.97 Å². The average molecular weight is 213 g/mol. The van der Waals surface area contributed by atoms with Crippen LogP contribution < -0.4 is 0 Å². The number of halogens is 1. The average Bonchev–Trinajstić information content (AvgIpc) is 2.30. The molecule has 0 saturated carbocycles. The highest BCUT2D eigenvalue weighted by molar-refractivity contribution is 6.18. The van der Waals surface area contributed by atoms with Gasteiger partial charge in [-0.05, 0) is 18.9 Å². The standard InChI is InChI=1S/C10H13ClN2O/c11-6-8-2-1-5-14-10(8)9-3-4-12-7-13-9/h3-4,7-8,10H,1-2,5-6H2. The van der Waals surface area contributed by atoms with E-state index in [4.69, 9.17) is 16.3 Å². The summed E-state index contributed by atoms with van der Waals surface area (Å²) in [7, 11) is 0. The van der Waals surface area contributed by atoms with E-state index >= 15 is 0 Å². The van der Waals surface area contributed by atoms with Gasteiger partial charge >= 0.3 is 0 Å². The monoisotopic (exact) mass is 212 g/mol. The van der Waals surface area contributed by atoms with Crippen molar-refractivity contribution in [2.75, 3.05) is 12.5 Å². The molecule has 4 heteroatoms. The van der Waals surface area contributed by atoms with Gasteiger partial charge in [0.15, 0.2) is 0 Å². The number of ether oxygens (including phenoxy) is 1. The first kappa shape index (κ1) is 9.87. The lowest BCUT2D eigenvalue weighted by Gasteiger charge is -2.29. The number of alkyl halides is 1. The lowest BCUT2D eigenvalue weighted by molar-refractivity contribution is -0.0234. The van der Waals surface area contributed by atoms with E-state index in [1.807, 2.05) is 6.07 Å². The number of nitrogens with zero attached hydrogens (tertiary/aromatic N) is 2. The zero-order valence-electron chi connectivity index (χ0n) is 7.90. The summed E-state index contributed by atoms with van der Waals surface area (Å²) >= 11 is 5.90. The zero-order valence-corrected chi connectivity index (χ0v) is 8.65.